The highest BCUT2D eigenvalue weighted by Crippen LogP contribution is 2.19. The average Bonchev–Trinajstić information content (AvgIpc) is 2.33. The van der Waals surface area contributed by atoms with E-state index in [-0.39, 0.29) is 24.5 Å². The van der Waals surface area contributed by atoms with E-state index in [4.69, 9.17) is 11.6 Å². The number of hydrogen-bond acceptors (Lipinski definition) is 3. The Hall–Kier alpha value is -1.75. The maximum absolute atomic E-state index is 11.7. The first-order valence-corrected chi connectivity index (χ1v) is 6.20. The minimum atomic E-state index is -0.387. The fourth-order valence-corrected chi connectivity index (χ4v) is 1.67. The van der Waals surface area contributed by atoms with E-state index in [1.165, 1.54) is 7.11 Å². The Labute approximate surface area is 117 Å². The molecule has 0 spiro atoms. The highest BCUT2D eigenvalue weighted by Gasteiger charge is 2.12. The van der Waals surface area contributed by atoms with Gasteiger partial charge >= 0.3 is 12.0 Å². The molecular formula is C13H17ClN2O3. The van der Waals surface area contributed by atoms with Crippen LogP contribution in [-0.4, -0.2) is 25.2 Å². The number of anilines is 1. The van der Waals surface area contributed by atoms with Gasteiger partial charge in [-0.05, 0) is 31.5 Å². The Bertz CT molecular complexity index is 477. The van der Waals surface area contributed by atoms with Crippen LogP contribution < -0.4 is 10.6 Å². The maximum Gasteiger partial charge on any atom is 0.319 e. The molecular weight excluding hydrogens is 268 g/mol. The van der Waals surface area contributed by atoms with Crippen LogP contribution in [0.15, 0.2) is 18.2 Å². The second-order valence-electron chi connectivity index (χ2n) is 4.24. The summed E-state index contributed by atoms with van der Waals surface area (Å²) in [6, 6.07) is 4.53. The zero-order valence-corrected chi connectivity index (χ0v) is 11.9. The number of nitrogens with one attached hydrogen (secondary N) is 2. The Morgan fingerprint density at radius 2 is 2.11 bits per heavy atom. The molecule has 0 aliphatic rings. The number of aryl methyl sites for hydroxylation is 1. The van der Waals surface area contributed by atoms with Gasteiger partial charge in [0.25, 0.3) is 0 Å². The molecule has 0 fully saturated rings. The number of halogens is 1. The lowest BCUT2D eigenvalue weighted by atomic mass is 10.2. The second kappa shape index (κ2) is 6.99. The van der Waals surface area contributed by atoms with Crippen LogP contribution in [-0.2, 0) is 9.53 Å². The first-order valence-electron chi connectivity index (χ1n) is 5.83. The van der Waals surface area contributed by atoms with E-state index in [1.807, 2.05) is 13.0 Å². The van der Waals surface area contributed by atoms with Crippen LogP contribution in [0.5, 0.6) is 0 Å². The highest BCUT2D eigenvalue weighted by molar-refractivity contribution is 6.31. The van der Waals surface area contributed by atoms with Crippen LogP contribution >= 0.6 is 11.6 Å². The van der Waals surface area contributed by atoms with Gasteiger partial charge in [-0.15, -0.1) is 0 Å². The molecule has 104 valence electrons. The number of ether oxygens (including phenoxy) is 1. The molecule has 0 saturated carbocycles. The van der Waals surface area contributed by atoms with Crippen LogP contribution in [0, 0.1) is 6.92 Å². The van der Waals surface area contributed by atoms with Crippen molar-refractivity contribution >= 4 is 29.3 Å². The zero-order valence-electron chi connectivity index (χ0n) is 11.1. The fraction of sp³-hybridized carbons (Fsp3) is 0.385. The Morgan fingerprint density at radius 3 is 2.74 bits per heavy atom. The van der Waals surface area contributed by atoms with E-state index in [0.29, 0.717) is 10.7 Å². The first kappa shape index (κ1) is 15.3. The Morgan fingerprint density at radius 1 is 1.42 bits per heavy atom. The van der Waals surface area contributed by atoms with Crippen molar-refractivity contribution in [2.45, 2.75) is 26.3 Å². The molecule has 2 N–H and O–H groups in total. The molecule has 0 aliphatic carbocycles. The topological polar surface area (TPSA) is 67.4 Å². The monoisotopic (exact) mass is 284 g/mol. The van der Waals surface area contributed by atoms with Crippen molar-refractivity contribution in [2.75, 3.05) is 12.4 Å². The summed E-state index contributed by atoms with van der Waals surface area (Å²) in [5.74, 6) is -0.369. The minimum Gasteiger partial charge on any atom is -0.469 e. The molecule has 0 saturated heterocycles. The molecule has 0 bridgehead atoms. The van der Waals surface area contributed by atoms with E-state index in [1.54, 1.807) is 19.1 Å². The van der Waals surface area contributed by atoms with E-state index in [9.17, 15) is 9.59 Å². The van der Waals surface area contributed by atoms with Crippen molar-refractivity contribution in [1.82, 2.24) is 5.32 Å². The lowest BCUT2D eigenvalue weighted by molar-refractivity contribution is -0.141. The van der Waals surface area contributed by atoms with Gasteiger partial charge in [0, 0.05) is 16.8 Å². The smallest absolute Gasteiger partial charge is 0.319 e. The number of amides is 2. The Balaban J connectivity index is 2.55. The molecule has 0 unspecified atom stereocenters. The quantitative estimate of drug-likeness (QED) is 0.836. The van der Waals surface area contributed by atoms with E-state index in [0.717, 1.165) is 5.56 Å². The molecule has 0 heterocycles. The molecule has 2 amide bonds. The molecule has 19 heavy (non-hydrogen) atoms. The lowest BCUT2D eigenvalue weighted by Gasteiger charge is -2.14. The summed E-state index contributed by atoms with van der Waals surface area (Å²) in [4.78, 5) is 22.8. The number of esters is 1. The number of carbonyl (C=O) groups is 2. The van der Waals surface area contributed by atoms with Crippen LogP contribution in [0.3, 0.4) is 0 Å². The van der Waals surface area contributed by atoms with Crippen molar-refractivity contribution in [1.29, 1.82) is 0 Å². The van der Waals surface area contributed by atoms with Crippen molar-refractivity contribution in [2.24, 2.45) is 0 Å². The molecule has 1 rings (SSSR count). The summed E-state index contributed by atoms with van der Waals surface area (Å²) in [5, 5.41) is 5.88. The molecule has 6 heteroatoms. The largest absolute Gasteiger partial charge is 0.469 e. The predicted octanol–water partition coefficient (Wildman–Crippen LogP) is 2.72. The van der Waals surface area contributed by atoms with Crippen LogP contribution in [0.2, 0.25) is 5.02 Å². The van der Waals surface area contributed by atoms with Gasteiger partial charge in [0.15, 0.2) is 0 Å². The molecule has 5 nitrogen and oxygen atoms in total. The minimum absolute atomic E-state index is 0.123. The van der Waals surface area contributed by atoms with Crippen molar-refractivity contribution in [3.8, 4) is 0 Å². The van der Waals surface area contributed by atoms with Gasteiger partial charge in [-0.1, -0.05) is 17.7 Å². The summed E-state index contributed by atoms with van der Waals surface area (Å²) in [6.45, 7) is 3.59. The molecule has 1 atom stereocenters. The van der Waals surface area contributed by atoms with Crippen molar-refractivity contribution in [3.63, 3.8) is 0 Å². The third-order valence-electron chi connectivity index (χ3n) is 2.53. The summed E-state index contributed by atoms with van der Waals surface area (Å²) in [6.07, 6.45) is 0.123. The lowest BCUT2D eigenvalue weighted by Crippen LogP contribution is -2.37. The van der Waals surface area contributed by atoms with E-state index >= 15 is 0 Å². The maximum atomic E-state index is 11.7. The van der Waals surface area contributed by atoms with Crippen molar-refractivity contribution < 1.29 is 14.3 Å². The van der Waals surface area contributed by atoms with Crippen LogP contribution in [0.4, 0.5) is 10.5 Å². The van der Waals surface area contributed by atoms with Gasteiger partial charge in [0.1, 0.15) is 0 Å². The van der Waals surface area contributed by atoms with Gasteiger partial charge < -0.3 is 15.4 Å². The summed E-state index contributed by atoms with van der Waals surface area (Å²) in [5.41, 5.74) is 1.54. The molecule has 1 aromatic rings. The molecule has 1 aromatic carbocycles. The van der Waals surface area contributed by atoms with Gasteiger partial charge in [-0.25, -0.2) is 4.79 Å². The molecule has 0 aliphatic heterocycles. The summed E-state index contributed by atoms with van der Waals surface area (Å²) in [7, 11) is 1.31. The third-order valence-corrected chi connectivity index (χ3v) is 2.76. The molecule has 0 aromatic heterocycles. The van der Waals surface area contributed by atoms with Gasteiger partial charge in [-0.3, -0.25) is 4.79 Å². The zero-order chi connectivity index (χ0) is 14.4. The highest BCUT2D eigenvalue weighted by atomic mass is 35.5. The van der Waals surface area contributed by atoms with Crippen LogP contribution in [0.25, 0.3) is 0 Å². The predicted molar refractivity (Wildman–Crippen MR) is 74.4 cm³/mol. The van der Waals surface area contributed by atoms with Crippen LogP contribution in [0.1, 0.15) is 18.9 Å². The SMILES string of the molecule is COC(=O)C[C@H](C)NC(=O)Nc1cc(Cl)ccc1C. The number of carbonyl (C=O) groups excluding carboxylic acids is 2. The summed E-state index contributed by atoms with van der Waals surface area (Å²) < 4.78 is 4.53. The average molecular weight is 285 g/mol. The number of rotatable bonds is 4. The third kappa shape index (κ3) is 5.18. The number of urea groups is 1. The normalized spacial score (nSPS) is 11.6. The first-order chi connectivity index (χ1) is 8.92. The van der Waals surface area contributed by atoms with Gasteiger partial charge in [0.2, 0.25) is 0 Å². The van der Waals surface area contributed by atoms with Crippen molar-refractivity contribution in [3.05, 3.63) is 28.8 Å². The van der Waals surface area contributed by atoms with E-state index in [2.05, 4.69) is 15.4 Å². The molecule has 0 radical (unpaired) electrons. The number of methoxy groups -OCH3 is 1. The standard InChI is InChI=1S/C13H17ClN2O3/c1-8-4-5-10(14)7-11(8)16-13(18)15-9(2)6-12(17)19-3/h4-5,7,9H,6H2,1-3H3,(H2,15,16,18)/t9-/m0/s1. The number of benzene rings is 1. The number of hydrogen-bond donors (Lipinski definition) is 2. The fourth-order valence-electron chi connectivity index (χ4n) is 1.50. The summed E-state index contributed by atoms with van der Waals surface area (Å²) >= 11 is 5.86. The second-order valence-corrected chi connectivity index (χ2v) is 4.68. The van der Waals surface area contributed by atoms with E-state index < -0.39 is 0 Å². The Kier molecular flexibility index (Phi) is 5.63. The van der Waals surface area contributed by atoms with Gasteiger partial charge in [0.05, 0.1) is 13.5 Å². The van der Waals surface area contributed by atoms with Gasteiger partial charge in [-0.2, -0.15) is 0 Å².